The zero-order chi connectivity index (χ0) is 24.4. The Bertz CT molecular complexity index is 1400. The van der Waals surface area contributed by atoms with Crippen LogP contribution in [0.2, 0.25) is 0 Å². The van der Waals surface area contributed by atoms with Gasteiger partial charge >= 0.3 is 0 Å². The lowest BCUT2D eigenvalue weighted by molar-refractivity contribution is 0.387. The van der Waals surface area contributed by atoms with Gasteiger partial charge in [-0.3, -0.25) is 0 Å². The Labute approximate surface area is 205 Å². The Morgan fingerprint density at radius 2 is 1.51 bits per heavy atom. The number of hydrogen-bond donors (Lipinski definition) is 2. The Hall–Kier alpha value is -3.30. The lowest BCUT2D eigenvalue weighted by atomic mass is 9.92. The molecule has 1 aliphatic carbocycles. The second-order valence-corrected chi connectivity index (χ2v) is 11.1. The molecule has 182 valence electrons. The summed E-state index contributed by atoms with van der Waals surface area (Å²) in [7, 11) is -3.51. The predicted molar refractivity (Wildman–Crippen MR) is 137 cm³/mol. The van der Waals surface area contributed by atoms with E-state index in [4.69, 9.17) is 9.97 Å². The molecule has 35 heavy (non-hydrogen) atoms. The maximum atomic E-state index is 12.7. The van der Waals surface area contributed by atoms with Gasteiger partial charge in [0.2, 0.25) is 10.0 Å². The lowest BCUT2D eigenvalue weighted by Crippen LogP contribution is -2.40. The first-order chi connectivity index (χ1) is 16.9. The summed E-state index contributed by atoms with van der Waals surface area (Å²) in [6.45, 7) is 4.16. The zero-order valence-electron chi connectivity index (χ0n) is 19.9. The van der Waals surface area contributed by atoms with Crippen LogP contribution in [-0.4, -0.2) is 40.2 Å². The molecule has 0 amide bonds. The average Bonchev–Trinajstić information content (AvgIpc) is 3.30. The third-order valence-corrected chi connectivity index (χ3v) is 7.94. The number of aromatic nitrogens is 4. The molecule has 1 saturated carbocycles. The lowest BCUT2D eigenvalue weighted by Gasteiger charge is -2.30. The SMILES string of the molecule is CC(C)c1nc(NC2CCC(NS(=O)(=O)c3ccccc3)CC2)c2cnn(-c3ccccc3)c2n1. The molecule has 8 nitrogen and oxygen atoms in total. The van der Waals surface area contributed by atoms with E-state index in [-0.39, 0.29) is 18.0 Å². The molecule has 1 aliphatic rings. The van der Waals surface area contributed by atoms with Crippen LogP contribution in [0.4, 0.5) is 5.82 Å². The van der Waals surface area contributed by atoms with Gasteiger partial charge in [-0.2, -0.15) is 5.10 Å². The van der Waals surface area contributed by atoms with Gasteiger partial charge in [0.25, 0.3) is 0 Å². The van der Waals surface area contributed by atoms with Gasteiger partial charge in [0.15, 0.2) is 5.65 Å². The minimum atomic E-state index is -3.51. The van der Waals surface area contributed by atoms with Crippen LogP contribution in [0.1, 0.15) is 51.3 Å². The van der Waals surface area contributed by atoms with Gasteiger partial charge in [-0.1, -0.05) is 50.2 Å². The second kappa shape index (κ2) is 9.75. The number of benzene rings is 2. The highest BCUT2D eigenvalue weighted by molar-refractivity contribution is 7.89. The molecule has 2 aromatic carbocycles. The summed E-state index contributed by atoms with van der Waals surface area (Å²) in [6.07, 6.45) is 5.03. The van der Waals surface area contributed by atoms with E-state index in [1.165, 1.54) is 0 Å². The van der Waals surface area contributed by atoms with Gasteiger partial charge in [0.1, 0.15) is 11.6 Å². The quantitative estimate of drug-likeness (QED) is 0.391. The topological polar surface area (TPSA) is 102 Å². The molecule has 5 rings (SSSR count). The molecule has 9 heteroatoms. The Balaban J connectivity index is 1.33. The normalized spacial score (nSPS) is 18.7. The molecular weight excluding hydrogens is 460 g/mol. The van der Waals surface area contributed by atoms with Gasteiger partial charge in [-0.25, -0.2) is 27.8 Å². The molecule has 1 fully saturated rings. The van der Waals surface area contributed by atoms with Crippen LogP contribution >= 0.6 is 0 Å². The van der Waals surface area contributed by atoms with Gasteiger partial charge in [0, 0.05) is 18.0 Å². The Morgan fingerprint density at radius 3 is 2.17 bits per heavy atom. The summed E-state index contributed by atoms with van der Waals surface area (Å²) in [5.41, 5.74) is 1.73. The second-order valence-electron chi connectivity index (χ2n) is 9.34. The highest BCUT2D eigenvalue weighted by Gasteiger charge is 2.27. The maximum absolute atomic E-state index is 12.7. The van der Waals surface area contributed by atoms with E-state index < -0.39 is 10.0 Å². The fourth-order valence-electron chi connectivity index (χ4n) is 4.49. The number of anilines is 1. The Kier molecular flexibility index (Phi) is 6.53. The van der Waals surface area contributed by atoms with E-state index in [1.807, 2.05) is 47.3 Å². The molecular formula is C26H30N6O2S. The molecule has 0 saturated heterocycles. The van der Waals surface area contributed by atoms with Crippen LogP contribution in [-0.2, 0) is 10.0 Å². The van der Waals surface area contributed by atoms with Crippen LogP contribution in [0.25, 0.3) is 16.7 Å². The largest absolute Gasteiger partial charge is 0.367 e. The summed E-state index contributed by atoms with van der Waals surface area (Å²) < 4.78 is 30.1. The zero-order valence-corrected chi connectivity index (χ0v) is 20.7. The van der Waals surface area contributed by atoms with Crippen molar-refractivity contribution in [1.82, 2.24) is 24.5 Å². The van der Waals surface area contributed by atoms with E-state index in [9.17, 15) is 8.42 Å². The summed E-state index contributed by atoms with van der Waals surface area (Å²) in [6, 6.07) is 18.6. The first-order valence-electron chi connectivity index (χ1n) is 12.1. The van der Waals surface area contributed by atoms with Crippen LogP contribution in [0.5, 0.6) is 0 Å². The van der Waals surface area contributed by atoms with Crippen LogP contribution < -0.4 is 10.0 Å². The van der Waals surface area contributed by atoms with E-state index in [2.05, 4.69) is 29.0 Å². The van der Waals surface area contributed by atoms with Crippen molar-refractivity contribution in [3.63, 3.8) is 0 Å². The number of para-hydroxylation sites is 1. The highest BCUT2D eigenvalue weighted by atomic mass is 32.2. The van der Waals surface area contributed by atoms with E-state index >= 15 is 0 Å². The monoisotopic (exact) mass is 490 g/mol. The molecule has 0 unspecified atom stereocenters. The Morgan fingerprint density at radius 1 is 0.886 bits per heavy atom. The van der Waals surface area contributed by atoms with Crippen molar-refractivity contribution < 1.29 is 8.42 Å². The van der Waals surface area contributed by atoms with E-state index in [1.54, 1.807) is 24.3 Å². The van der Waals surface area contributed by atoms with E-state index in [0.717, 1.165) is 54.0 Å². The number of rotatable bonds is 7. The van der Waals surface area contributed by atoms with Crippen molar-refractivity contribution in [2.75, 3.05) is 5.32 Å². The summed E-state index contributed by atoms with van der Waals surface area (Å²) in [5.74, 6) is 1.72. The van der Waals surface area contributed by atoms with Crippen LogP contribution in [0, 0.1) is 0 Å². The molecule has 0 aliphatic heterocycles. The molecule has 0 radical (unpaired) electrons. The number of fused-ring (bicyclic) bond motifs is 1. The molecule has 4 aromatic rings. The van der Waals surface area contributed by atoms with Crippen molar-refractivity contribution in [3.05, 3.63) is 72.7 Å². The smallest absolute Gasteiger partial charge is 0.240 e. The van der Waals surface area contributed by atoms with Crippen LogP contribution in [0.3, 0.4) is 0 Å². The number of sulfonamides is 1. The van der Waals surface area contributed by atoms with Crippen molar-refractivity contribution in [1.29, 1.82) is 0 Å². The number of nitrogens with zero attached hydrogens (tertiary/aromatic N) is 4. The van der Waals surface area contributed by atoms with Gasteiger partial charge in [-0.15, -0.1) is 0 Å². The average molecular weight is 491 g/mol. The molecule has 2 aromatic heterocycles. The fraction of sp³-hybridized carbons (Fsp3) is 0.346. The first-order valence-corrected chi connectivity index (χ1v) is 13.5. The summed E-state index contributed by atoms with van der Waals surface area (Å²) >= 11 is 0. The predicted octanol–water partition coefficient (Wildman–Crippen LogP) is 4.64. The van der Waals surface area contributed by atoms with Crippen molar-refractivity contribution in [2.24, 2.45) is 0 Å². The molecule has 0 spiro atoms. The van der Waals surface area contributed by atoms with Crippen LogP contribution in [0.15, 0.2) is 71.8 Å². The first kappa shape index (κ1) is 23.4. The number of nitrogens with one attached hydrogen (secondary N) is 2. The third kappa shape index (κ3) is 5.06. The molecule has 0 bridgehead atoms. The van der Waals surface area contributed by atoms with Crippen molar-refractivity contribution in [3.8, 4) is 5.69 Å². The van der Waals surface area contributed by atoms with Gasteiger partial charge in [-0.05, 0) is 49.9 Å². The maximum Gasteiger partial charge on any atom is 0.240 e. The van der Waals surface area contributed by atoms with Crippen molar-refractivity contribution >= 4 is 26.9 Å². The third-order valence-electron chi connectivity index (χ3n) is 6.41. The molecule has 2 heterocycles. The number of hydrogen-bond acceptors (Lipinski definition) is 6. The molecule has 2 N–H and O–H groups in total. The van der Waals surface area contributed by atoms with Crippen molar-refractivity contribution in [2.45, 2.75) is 62.4 Å². The fourth-order valence-corrected chi connectivity index (χ4v) is 5.81. The standard InChI is InChI=1S/C26H30N6O2S/c1-18(2)24-29-25(23-17-27-32(26(23)30-24)21-9-5-3-6-10-21)28-19-13-15-20(16-14-19)31-35(33,34)22-11-7-4-8-12-22/h3-12,17-20,31H,13-16H2,1-2H3,(H,28,29,30). The highest BCUT2D eigenvalue weighted by Crippen LogP contribution is 2.29. The molecule has 0 atom stereocenters. The summed E-state index contributed by atoms with van der Waals surface area (Å²) in [4.78, 5) is 9.96. The van der Waals surface area contributed by atoms with Gasteiger partial charge in [0.05, 0.1) is 22.2 Å². The van der Waals surface area contributed by atoms with E-state index in [0.29, 0.717) is 4.90 Å². The summed E-state index contributed by atoms with van der Waals surface area (Å²) in [5, 5.41) is 9.10. The minimum Gasteiger partial charge on any atom is -0.367 e. The minimum absolute atomic E-state index is 0.0734. The van der Waals surface area contributed by atoms with Gasteiger partial charge < -0.3 is 5.32 Å².